The summed E-state index contributed by atoms with van der Waals surface area (Å²) in [6.45, 7) is 3.27. The molecule has 3 N–H and O–H groups in total. The third kappa shape index (κ3) is 6.85. The summed E-state index contributed by atoms with van der Waals surface area (Å²) >= 11 is 0. The standard InChI is InChI=1S/C31H42N2O4/c34-28-19-23(10-11-29(28)37-22-25-5-2-1-3-6-25)12-15-31(36)16-13-27(33-18-4-7-30(33)35)20-26(31)14-17-32-21-24-8-9-24/h1-3,5-6,10-11,19,24,26-27,32,34,36H,4,7-9,12-18,20-22H2. The monoisotopic (exact) mass is 506 g/mol. The number of rotatable bonds is 12. The Morgan fingerprint density at radius 2 is 1.92 bits per heavy atom. The fourth-order valence-electron chi connectivity index (χ4n) is 6.18. The van der Waals surface area contributed by atoms with Gasteiger partial charge >= 0.3 is 0 Å². The van der Waals surface area contributed by atoms with Crippen LogP contribution < -0.4 is 10.1 Å². The van der Waals surface area contributed by atoms with Gasteiger partial charge in [0.2, 0.25) is 5.91 Å². The molecule has 37 heavy (non-hydrogen) atoms. The quantitative estimate of drug-likeness (QED) is 0.360. The van der Waals surface area contributed by atoms with E-state index in [1.807, 2.05) is 42.5 Å². The maximum absolute atomic E-state index is 12.4. The molecule has 3 atom stereocenters. The van der Waals surface area contributed by atoms with Crippen molar-refractivity contribution in [2.75, 3.05) is 19.6 Å². The molecule has 1 aliphatic heterocycles. The normalized spacial score (nSPS) is 26.0. The number of nitrogens with one attached hydrogen (secondary N) is 1. The van der Waals surface area contributed by atoms with Crippen molar-refractivity contribution in [3.05, 3.63) is 59.7 Å². The van der Waals surface area contributed by atoms with Gasteiger partial charge in [-0.3, -0.25) is 4.79 Å². The van der Waals surface area contributed by atoms with Crippen LogP contribution in [0.5, 0.6) is 11.5 Å². The molecule has 3 unspecified atom stereocenters. The van der Waals surface area contributed by atoms with Crippen molar-refractivity contribution in [2.24, 2.45) is 11.8 Å². The molecule has 2 saturated carbocycles. The maximum Gasteiger partial charge on any atom is 0.222 e. The molecule has 3 aliphatic rings. The van der Waals surface area contributed by atoms with Crippen molar-refractivity contribution in [2.45, 2.75) is 82.5 Å². The first-order chi connectivity index (χ1) is 18.0. The largest absolute Gasteiger partial charge is 0.504 e. The Bertz CT molecular complexity index is 1040. The SMILES string of the molecule is O=C1CCCN1C1CCC(O)(CCc2ccc(OCc3ccccc3)c(O)c2)C(CCNCC2CC2)C1. The summed E-state index contributed by atoms with van der Waals surface area (Å²) in [5.74, 6) is 1.89. The second-order valence-electron chi connectivity index (χ2n) is 11.4. The fourth-order valence-corrected chi connectivity index (χ4v) is 6.18. The Morgan fingerprint density at radius 3 is 2.65 bits per heavy atom. The number of phenolic OH excluding ortho intramolecular Hbond substituents is 1. The van der Waals surface area contributed by atoms with Crippen LogP contribution in [-0.2, 0) is 17.8 Å². The number of hydrogen-bond acceptors (Lipinski definition) is 5. The number of aryl methyl sites for hydroxylation is 1. The van der Waals surface area contributed by atoms with E-state index in [-0.39, 0.29) is 23.6 Å². The zero-order valence-electron chi connectivity index (χ0n) is 21.9. The molecule has 0 radical (unpaired) electrons. The second kappa shape index (κ2) is 11.9. The van der Waals surface area contributed by atoms with Crippen molar-refractivity contribution < 1.29 is 19.7 Å². The summed E-state index contributed by atoms with van der Waals surface area (Å²) in [5, 5.41) is 26.0. The minimum atomic E-state index is -0.751. The number of benzene rings is 2. The number of carbonyl (C=O) groups is 1. The van der Waals surface area contributed by atoms with Crippen molar-refractivity contribution in [1.29, 1.82) is 0 Å². The minimum absolute atomic E-state index is 0.137. The van der Waals surface area contributed by atoms with Crippen LogP contribution in [0, 0.1) is 11.8 Å². The van der Waals surface area contributed by atoms with Crippen LogP contribution >= 0.6 is 0 Å². The lowest BCUT2D eigenvalue weighted by Crippen LogP contribution is -2.50. The third-order valence-electron chi connectivity index (χ3n) is 8.68. The Morgan fingerprint density at radius 1 is 1.08 bits per heavy atom. The van der Waals surface area contributed by atoms with E-state index >= 15 is 0 Å². The van der Waals surface area contributed by atoms with Crippen molar-refractivity contribution in [3.63, 3.8) is 0 Å². The van der Waals surface area contributed by atoms with Gasteiger partial charge < -0.3 is 25.2 Å². The lowest BCUT2D eigenvalue weighted by atomic mass is 9.69. The van der Waals surface area contributed by atoms with Crippen LogP contribution in [-0.4, -0.2) is 52.3 Å². The molecule has 0 aromatic heterocycles. The summed E-state index contributed by atoms with van der Waals surface area (Å²) in [6, 6.07) is 15.8. The number of nitrogens with zero attached hydrogens (tertiary/aromatic N) is 1. The van der Waals surface area contributed by atoms with E-state index < -0.39 is 5.60 Å². The highest BCUT2D eigenvalue weighted by atomic mass is 16.5. The van der Waals surface area contributed by atoms with Crippen molar-refractivity contribution in [1.82, 2.24) is 10.2 Å². The Hall–Kier alpha value is -2.57. The van der Waals surface area contributed by atoms with E-state index in [4.69, 9.17) is 4.74 Å². The smallest absolute Gasteiger partial charge is 0.222 e. The predicted molar refractivity (Wildman–Crippen MR) is 144 cm³/mol. The van der Waals surface area contributed by atoms with Crippen LogP contribution in [0.3, 0.4) is 0 Å². The zero-order chi connectivity index (χ0) is 25.7. The van der Waals surface area contributed by atoms with Gasteiger partial charge in [0.05, 0.1) is 5.60 Å². The molecule has 0 spiro atoms. The van der Waals surface area contributed by atoms with Crippen LogP contribution in [0.4, 0.5) is 0 Å². The molecule has 3 fully saturated rings. The van der Waals surface area contributed by atoms with Gasteiger partial charge in [-0.1, -0.05) is 36.4 Å². The van der Waals surface area contributed by atoms with E-state index in [1.165, 1.54) is 12.8 Å². The number of amides is 1. The Kier molecular flexibility index (Phi) is 8.36. The number of ether oxygens (including phenoxy) is 1. The molecule has 6 heteroatoms. The maximum atomic E-state index is 12.4. The summed E-state index contributed by atoms with van der Waals surface area (Å²) in [6.07, 6.45) is 9.05. The number of phenols is 1. The van der Waals surface area contributed by atoms with Gasteiger partial charge in [-0.05, 0) is 106 Å². The Balaban J connectivity index is 1.19. The molecule has 0 bridgehead atoms. The molecule has 1 saturated heterocycles. The number of aliphatic hydroxyl groups is 1. The first-order valence-corrected chi connectivity index (χ1v) is 14.2. The first-order valence-electron chi connectivity index (χ1n) is 14.2. The van der Waals surface area contributed by atoms with Crippen molar-refractivity contribution >= 4 is 5.91 Å². The highest BCUT2D eigenvalue weighted by Crippen LogP contribution is 2.42. The summed E-state index contributed by atoms with van der Waals surface area (Å²) < 4.78 is 5.82. The number of likely N-dealkylation sites (tertiary alicyclic amines) is 1. The lowest BCUT2D eigenvalue weighted by molar-refractivity contribution is -0.134. The van der Waals surface area contributed by atoms with Gasteiger partial charge in [-0.25, -0.2) is 0 Å². The lowest BCUT2D eigenvalue weighted by Gasteiger charge is -2.46. The fraction of sp³-hybridized carbons (Fsp3) is 0.581. The average Bonchev–Trinajstić information content (AvgIpc) is 3.64. The summed E-state index contributed by atoms with van der Waals surface area (Å²) in [7, 11) is 0. The van der Waals surface area contributed by atoms with Crippen LogP contribution in [0.15, 0.2) is 48.5 Å². The summed E-state index contributed by atoms with van der Waals surface area (Å²) in [5.41, 5.74) is 1.30. The van der Waals surface area contributed by atoms with Crippen LogP contribution in [0.25, 0.3) is 0 Å². The number of carbonyl (C=O) groups excluding carboxylic acids is 1. The van der Waals surface area contributed by atoms with Gasteiger partial charge in [0, 0.05) is 19.0 Å². The van der Waals surface area contributed by atoms with Crippen LogP contribution in [0.2, 0.25) is 0 Å². The number of hydrogen-bond donors (Lipinski definition) is 3. The topological polar surface area (TPSA) is 82.0 Å². The van der Waals surface area contributed by atoms with E-state index in [0.717, 1.165) is 68.8 Å². The highest BCUT2D eigenvalue weighted by molar-refractivity contribution is 5.78. The van der Waals surface area contributed by atoms with Crippen molar-refractivity contribution in [3.8, 4) is 11.5 Å². The van der Waals surface area contributed by atoms with Crippen LogP contribution in [0.1, 0.15) is 68.9 Å². The minimum Gasteiger partial charge on any atom is -0.504 e. The molecule has 2 aromatic carbocycles. The predicted octanol–water partition coefficient (Wildman–Crippen LogP) is 4.82. The first kappa shape index (κ1) is 26.1. The van der Waals surface area contributed by atoms with E-state index in [9.17, 15) is 15.0 Å². The number of aromatic hydroxyl groups is 1. The van der Waals surface area contributed by atoms with Gasteiger partial charge in [0.25, 0.3) is 0 Å². The highest BCUT2D eigenvalue weighted by Gasteiger charge is 2.44. The molecular formula is C31H42N2O4. The molecule has 5 rings (SSSR count). The van der Waals surface area contributed by atoms with Gasteiger partial charge in [-0.15, -0.1) is 0 Å². The molecular weight excluding hydrogens is 464 g/mol. The second-order valence-corrected chi connectivity index (χ2v) is 11.4. The van der Waals surface area contributed by atoms with E-state index in [0.29, 0.717) is 31.6 Å². The zero-order valence-corrected chi connectivity index (χ0v) is 21.9. The van der Waals surface area contributed by atoms with Gasteiger partial charge in [-0.2, -0.15) is 0 Å². The molecule has 2 aliphatic carbocycles. The van der Waals surface area contributed by atoms with Gasteiger partial charge in [0.1, 0.15) is 6.61 Å². The molecule has 1 heterocycles. The van der Waals surface area contributed by atoms with E-state index in [1.54, 1.807) is 6.07 Å². The van der Waals surface area contributed by atoms with E-state index in [2.05, 4.69) is 10.2 Å². The van der Waals surface area contributed by atoms with Gasteiger partial charge in [0.15, 0.2) is 11.5 Å². The molecule has 2 aromatic rings. The third-order valence-corrected chi connectivity index (χ3v) is 8.68. The average molecular weight is 507 g/mol. The molecule has 1 amide bonds. The molecule has 6 nitrogen and oxygen atoms in total. The Labute approximate surface area is 221 Å². The summed E-state index contributed by atoms with van der Waals surface area (Å²) in [4.78, 5) is 14.5. The molecule has 200 valence electrons.